The van der Waals surface area contributed by atoms with Crippen molar-refractivity contribution < 1.29 is 14.7 Å². The van der Waals surface area contributed by atoms with Crippen molar-refractivity contribution in [1.29, 1.82) is 0 Å². The van der Waals surface area contributed by atoms with Crippen molar-refractivity contribution in [2.75, 3.05) is 6.54 Å². The second-order valence-corrected chi connectivity index (χ2v) is 4.58. The van der Waals surface area contributed by atoms with Gasteiger partial charge in [-0.05, 0) is 12.5 Å². The van der Waals surface area contributed by atoms with E-state index in [1.54, 1.807) is 10.9 Å². The summed E-state index contributed by atoms with van der Waals surface area (Å²) >= 11 is 0.938. The molecule has 19 heavy (non-hydrogen) atoms. The van der Waals surface area contributed by atoms with E-state index in [2.05, 4.69) is 15.4 Å². The van der Waals surface area contributed by atoms with Crippen molar-refractivity contribution in [3.05, 3.63) is 34.5 Å². The van der Waals surface area contributed by atoms with Gasteiger partial charge in [-0.3, -0.25) is 9.48 Å². The first-order valence-electron chi connectivity index (χ1n) is 5.61. The fourth-order valence-electron chi connectivity index (χ4n) is 1.44. The number of hydrogen-bond donors (Lipinski definition) is 2. The molecule has 0 aliphatic carbocycles. The lowest BCUT2D eigenvalue weighted by molar-refractivity contribution is 0.0696. The maximum absolute atomic E-state index is 11.7. The van der Waals surface area contributed by atoms with E-state index in [0.717, 1.165) is 17.8 Å². The Morgan fingerprint density at radius 3 is 2.95 bits per heavy atom. The summed E-state index contributed by atoms with van der Waals surface area (Å²) in [5.41, 5.74) is 0.140. The van der Waals surface area contributed by atoms with E-state index in [0.29, 0.717) is 13.1 Å². The topological polar surface area (TPSA) is 97.1 Å². The molecule has 7 nitrogen and oxygen atoms in total. The highest BCUT2D eigenvalue weighted by Crippen LogP contribution is 2.09. The van der Waals surface area contributed by atoms with Crippen LogP contribution in [0.5, 0.6) is 0 Å². The third kappa shape index (κ3) is 3.62. The van der Waals surface area contributed by atoms with Crippen LogP contribution in [0.4, 0.5) is 0 Å². The Morgan fingerprint density at radius 1 is 1.47 bits per heavy atom. The van der Waals surface area contributed by atoms with E-state index in [9.17, 15) is 9.59 Å². The lowest BCUT2D eigenvalue weighted by Crippen LogP contribution is -2.25. The third-order valence-electron chi connectivity index (χ3n) is 2.33. The molecule has 2 N–H and O–H groups in total. The Balaban J connectivity index is 1.76. The monoisotopic (exact) mass is 280 g/mol. The van der Waals surface area contributed by atoms with Gasteiger partial charge in [0, 0.05) is 30.9 Å². The molecule has 0 aliphatic heterocycles. The van der Waals surface area contributed by atoms with Crippen molar-refractivity contribution >= 4 is 23.2 Å². The summed E-state index contributed by atoms with van der Waals surface area (Å²) in [7, 11) is 0. The maximum Gasteiger partial charge on any atom is 0.365 e. The van der Waals surface area contributed by atoms with Gasteiger partial charge in [0.15, 0.2) is 0 Å². The number of aromatic carboxylic acids is 1. The molecule has 0 saturated carbocycles. The lowest BCUT2D eigenvalue weighted by Gasteiger charge is -2.03. The zero-order valence-electron chi connectivity index (χ0n) is 9.94. The van der Waals surface area contributed by atoms with Crippen molar-refractivity contribution in [1.82, 2.24) is 20.1 Å². The average Bonchev–Trinajstić information content (AvgIpc) is 3.05. The molecule has 2 rings (SSSR count). The van der Waals surface area contributed by atoms with Crippen molar-refractivity contribution in [2.45, 2.75) is 13.0 Å². The minimum absolute atomic E-state index is 0.0818. The Labute approximate surface area is 112 Å². The van der Waals surface area contributed by atoms with E-state index in [1.165, 1.54) is 5.38 Å². The Bertz CT molecular complexity index is 564. The summed E-state index contributed by atoms with van der Waals surface area (Å²) in [6.07, 6.45) is 4.28. The first-order valence-corrected chi connectivity index (χ1v) is 6.49. The molecule has 1 amide bonds. The average molecular weight is 280 g/mol. The first-order chi connectivity index (χ1) is 9.16. The zero-order chi connectivity index (χ0) is 13.7. The van der Waals surface area contributed by atoms with Gasteiger partial charge in [-0.2, -0.15) is 5.10 Å². The summed E-state index contributed by atoms with van der Waals surface area (Å²) in [5, 5.41) is 16.8. The normalized spacial score (nSPS) is 10.3. The van der Waals surface area contributed by atoms with Crippen LogP contribution in [0.1, 0.15) is 26.7 Å². The number of carboxylic acids is 1. The van der Waals surface area contributed by atoms with E-state index in [4.69, 9.17) is 5.11 Å². The zero-order valence-corrected chi connectivity index (χ0v) is 10.8. The van der Waals surface area contributed by atoms with Crippen molar-refractivity contribution in [2.24, 2.45) is 0 Å². The van der Waals surface area contributed by atoms with Crippen LogP contribution < -0.4 is 5.32 Å². The molecule has 0 atom stereocenters. The minimum atomic E-state index is -1.12. The highest BCUT2D eigenvalue weighted by molar-refractivity contribution is 7.11. The fourth-order valence-corrected chi connectivity index (χ4v) is 2.08. The maximum atomic E-state index is 11.7. The second kappa shape index (κ2) is 6.10. The predicted molar refractivity (Wildman–Crippen MR) is 68.3 cm³/mol. The molecule has 0 aliphatic rings. The van der Waals surface area contributed by atoms with Gasteiger partial charge in [-0.1, -0.05) is 0 Å². The summed E-state index contributed by atoms with van der Waals surface area (Å²) in [5.74, 6) is -1.48. The number of nitrogens with zero attached hydrogens (tertiary/aromatic N) is 3. The van der Waals surface area contributed by atoms with Gasteiger partial charge in [-0.25, -0.2) is 9.78 Å². The van der Waals surface area contributed by atoms with Gasteiger partial charge in [-0.15, -0.1) is 11.3 Å². The number of rotatable bonds is 6. The van der Waals surface area contributed by atoms with Gasteiger partial charge in [0.1, 0.15) is 5.69 Å². The van der Waals surface area contributed by atoms with Crippen LogP contribution in [0.15, 0.2) is 23.8 Å². The molecule has 2 heterocycles. The number of carbonyl (C=O) groups is 2. The highest BCUT2D eigenvalue weighted by atomic mass is 32.1. The quantitative estimate of drug-likeness (QED) is 0.765. The number of aromatic nitrogens is 3. The summed E-state index contributed by atoms with van der Waals surface area (Å²) in [6, 6.07) is 1.83. The first kappa shape index (κ1) is 13.2. The number of carboxylic acid groups (broad SMARTS) is 1. The molecule has 0 unspecified atom stereocenters. The number of amides is 1. The standard InChI is InChI=1S/C11H12N4O3S/c16-9(8-7-19-10(14-8)11(17)18)12-3-1-5-15-6-2-4-13-15/h2,4,6-7H,1,3,5H2,(H,12,16)(H,17,18). The molecule has 0 fully saturated rings. The molecule has 0 radical (unpaired) electrons. The van der Waals surface area contributed by atoms with Crippen LogP contribution in [0.25, 0.3) is 0 Å². The van der Waals surface area contributed by atoms with E-state index in [1.807, 2.05) is 12.3 Å². The lowest BCUT2D eigenvalue weighted by atomic mass is 10.4. The molecule has 100 valence electrons. The summed E-state index contributed by atoms with van der Waals surface area (Å²) in [4.78, 5) is 26.0. The Kier molecular flexibility index (Phi) is 4.24. The van der Waals surface area contributed by atoms with Gasteiger partial charge in [0.2, 0.25) is 5.01 Å². The molecule has 2 aromatic heterocycles. The molecular weight excluding hydrogens is 268 g/mol. The third-order valence-corrected chi connectivity index (χ3v) is 3.16. The van der Waals surface area contributed by atoms with Crippen molar-refractivity contribution in [3.63, 3.8) is 0 Å². The van der Waals surface area contributed by atoms with Gasteiger partial charge >= 0.3 is 5.97 Å². The molecule has 0 saturated heterocycles. The Morgan fingerprint density at radius 2 is 2.32 bits per heavy atom. The number of hydrogen-bond acceptors (Lipinski definition) is 5. The molecule has 0 bridgehead atoms. The van der Waals surface area contributed by atoms with Crippen LogP contribution in [0, 0.1) is 0 Å². The fraction of sp³-hybridized carbons (Fsp3) is 0.273. The minimum Gasteiger partial charge on any atom is -0.476 e. The van der Waals surface area contributed by atoms with Crippen molar-refractivity contribution in [3.8, 4) is 0 Å². The van der Waals surface area contributed by atoms with Crippen LogP contribution in [-0.4, -0.2) is 38.3 Å². The van der Waals surface area contributed by atoms with Gasteiger partial charge in [0.25, 0.3) is 5.91 Å². The van der Waals surface area contributed by atoms with Gasteiger partial charge in [0.05, 0.1) is 0 Å². The SMILES string of the molecule is O=C(NCCCn1cccn1)c1csc(C(=O)O)n1. The van der Waals surface area contributed by atoms with E-state index < -0.39 is 5.97 Å². The predicted octanol–water partition coefficient (Wildman–Crippen LogP) is 0.858. The number of nitrogens with one attached hydrogen (secondary N) is 1. The van der Waals surface area contributed by atoms with Crippen LogP contribution in [0.3, 0.4) is 0 Å². The molecule has 0 spiro atoms. The van der Waals surface area contributed by atoms with Gasteiger partial charge < -0.3 is 10.4 Å². The van der Waals surface area contributed by atoms with Crippen LogP contribution in [0.2, 0.25) is 0 Å². The molecule has 8 heteroatoms. The smallest absolute Gasteiger partial charge is 0.365 e. The second-order valence-electron chi connectivity index (χ2n) is 3.72. The largest absolute Gasteiger partial charge is 0.476 e. The molecule has 0 aromatic carbocycles. The Hall–Kier alpha value is -2.22. The van der Waals surface area contributed by atoms with E-state index >= 15 is 0 Å². The number of thiazole rings is 1. The van der Waals surface area contributed by atoms with E-state index in [-0.39, 0.29) is 16.6 Å². The number of aryl methyl sites for hydroxylation is 1. The molecule has 2 aromatic rings. The molecular formula is C11H12N4O3S. The van der Waals surface area contributed by atoms with Crippen LogP contribution >= 0.6 is 11.3 Å². The number of carbonyl (C=O) groups excluding carboxylic acids is 1. The summed E-state index contributed by atoms with van der Waals surface area (Å²) in [6.45, 7) is 1.20. The summed E-state index contributed by atoms with van der Waals surface area (Å²) < 4.78 is 1.78. The highest BCUT2D eigenvalue weighted by Gasteiger charge is 2.13. The van der Waals surface area contributed by atoms with Crippen LogP contribution in [-0.2, 0) is 6.54 Å².